The van der Waals surface area contributed by atoms with Crippen molar-refractivity contribution in [3.63, 3.8) is 0 Å². The molecule has 5 heteroatoms. The molecule has 3 rings (SSSR count). The van der Waals surface area contributed by atoms with Crippen molar-refractivity contribution < 1.29 is 9.53 Å². The van der Waals surface area contributed by atoms with E-state index in [1.807, 2.05) is 26.0 Å². The topological polar surface area (TPSA) is 51.2 Å². The molecule has 3 aromatic rings. The molecule has 0 aliphatic carbocycles. The van der Waals surface area contributed by atoms with Gasteiger partial charge in [-0.15, -0.1) is 0 Å². The van der Waals surface area contributed by atoms with Crippen molar-refractivity contribution in [2.45, 2.75) is 33.8 Å². The fourth-order valence-corrected chi connectivity index (χ4v) is 3.47. The second-order valence-corrected chi connectivity index (χ2v) is 7.37. The summed E-state index contributed by atoms with van der Waals surface area (Å²) >= 11 is 1.57. The van der Waals surface area contributed by atoms with Gasteiger partial charge >= 0.3 is 0 Å². The molecular formula is C20H22N2O2S. The zero-order valence-electron chi connectivity index (χ0n) is 14.9. The summed E-state index contributed by atoms with van der Waals surface area (Å²) in [4.78, 5) is 17.0. The van der Waals surface area contributed by atoms with E-state index in [9.17, 15) is 4.79 Å². The number of ether oxygens (including phenoxy) is 1. The third-order valence-electron chi connectivity index (χ3n) is 4.03. The lowest BCUT2D eigenvalue weighted by atomic mass is 10.1. The van der Waals surface area contributed by atoms with Gasteiger partial charge in [-0.1, -0.05) is 17.4 Å². The van der Waals surface area contributed by atoms with E-state index < -0.39 is 0 Å². The van der Waals surface area contributed by atoms with Crippen LogP contribution in [0.25, 0.3) is 10.2 Å². The number of benzene rings is 2. The van der Waals surface area contributed by atoms with Crippen molar-refractivity contribution in [3.05, 3.63) is 53.1 Å². The van der Waals surface area contributed by atoms with E-state index in [1.165, 1.54) is 11.1 Å². The second-order valence-electron chi connectivity index (χ2n) is 6.34. The van der Waals surface area contributed by atoms with E-state index in [0.29, 0.717) is 5.56 Å². The first kappa shape index (κ1) is 17.4. The van der Waals surface area contributed by atoms with Crippen molar-refractivity contribution >= 4 is 32.5 Å². The molecule has 0 spiro atoms. The summed E-state index contributed by atoms with van der Waals surface area (Å²) in [6.45, 7) is 8.33. The smallest absolute Gasteiger partial charge is 0.184 e. The molecular weight excluding hydrogens is 332 g/mol. The number of anilines is 1. The van der Waals surface area contributed by atoms with Crippen LogP contribution in [0.1, 0.15) is 35.3 Å². The van der Waals surface area contributed by atoms with Crippen LogP contribution in [-0.4, -0.2) is 23.4 Å². The van der Waals surface area contributed by atoms with Gasteiger partial charge in [0.15, 0.2) is 10.9 Å². The van der Waals surface area contributed by atoms with Gasteiger partial charge in [0.25, 0.3) is 0 Å². The number of Topliss-reactive ketones (excluding diaryl/α,β-unsaturated/α-hetero) is 1. The number of aromatic nitrogens is 1. The lowest BCUT2D eigenvalue weighted by molar-refractivity contribution is 0.101. The van der Waals surface area contributed by atoms with Gasteiger partial charge in [-0.05, 0) is 69.2 Å². The summed E-state index contributed by atoms with van der Waals surface area (Å²) in [5.74, 6) is 0.805. The standard InChI is InChI=1S/C20H22N2O2S/c1-12(2)24-16-8-6-15(7-9-16)17(23)11-21-20-22-19-14(4)13(3)5-10-18(19)25-20/h5-10,12H,11H2,1-4H3,(H,21,22). The first-order valence-electron chi connectivity index (χ1n) is 8.34. The lowest BCUT2D eigenvalue weighted by Crippen LogP contribution is -2.14. The van der Waals surface area contributed by atoms with Crippen LogP contribution in [0.2, 0.25) is 0 Å². The van der Waals surface area contributed by atoms with Crippen LogP contribution < -0.4 is 10.1 Å². The van der Waals surface area contributed by atoms with Gasteiger partial charge < -0.3 is 10.1 Å². The minimum atomic E-state index is 0.0308. The normalized spacial score (nSPS) is 11.1. The molecule has 0 bridgehead atoms. The summed E-state index contributed by atoms with van der Waals surface area (Å²) in [5.41, 5.74) is 4.09. The third-order valence-corrected chi connectivity index (χ3v) is 5.01. The first-order valence-corrected chi connectivity index (χ1v) is 9.16. The van der Waals surface area contributed by atoms with Gasteiger partial charge in [-0.3, -0.25) is 4.79 Å². The molecule has 0 unspecified atom stereocenters. The van der Waals surface area contributed by atoms with Crippen LogP contribution in [0.3, 0.4) is 0 Å². The molecule has 1 aromatic heterocycles. The number of fused-ring (bicyclic) bond motifs is 1. The monoisotopic (exact) mass is 354 g/mol. The van der Waals surface area contributed by atoms with Crippen LogP contribution in [0.4, 0.5) is 5.13 Å². The summed E-state index contributed by atoms with van der Waals surface area (Å²) in [6, 6.07) is 11.4. The Morgan fingerprint density at radius 1 is 1.16 bits per heavy atom. The minimum absolute atomic E-state index is 0.0308. The summed E-state index contributed by atoms with van der Waals surface area (Å²) in [7, 11) is 0. The van der Waals surface area contributed by atoms with Crippen molar-refractivity contribution in [1.82, 2.24) is 4.98 Å². The van der Waals surface area contributed by atoms with Gasteiger partial charge in [-0.2, -0.15) is 0 Å². The van der Waals surface area contributed by atoms with Gasteiger partial charge in [-0.25, -0.2) is 4.98 Å². The van der Waals surface area contributed by atoms with Crippen molar-refractivity contribution in [2.24, 2.45) is 0 Å². The lowest BCUT2D eigenvalue weighted by Gasteiger charge is -2.09. The Morgan fingerprint density at radius 2 is 1.88 bits per heavy atom. The van der Waals surface area contributed by atoms with Crippen molar-refractivity contribution in [2.75, 3.05) is 11.9 Å². The average molecular weight is 354 g/mol. The molecule has 0 amide bonds. The van der Waals surface area contributed by atoms with Crippen molar-refractivity contribution in [1.29, 1.82) is 0 Å². The Hall–Kier alpha value is -2.40. The minimum Gasteiger partial charge on any atom is -0.491 e. The molecule has 2 aromatic carbocycles. The van der Waals surface area contributed by atoms with Gasteiger partial charge in [0.2, 0.25) is 0 Å². The Morgan fingerprint density at radius 3 is 2.56 bits per heavy atom. The zero-order valence-corrected chi connectivity index (χ0v) is 15.7. The predicted molar refractivity (Wildman–Crippen MR) is 104 cm³/mol. The van der Waals surface area contributed by atoms with E-state index in [-0.39, 0.29) is 18.4 Å². The molecule has 0 atom stereocenters. The number of hydrogen-bond acceptors (Lipinski definition) is 5. The van der Waals surface area contributed by atoms with Crippen molar-refractivity contribution in [3.8, 4) is 5.75 Å². The highest BCUT2D eigenvalue weighted by molar-refractivity contribution is 7.22. The highest BCUT2D eigenvalue weighted by Crippen LogP contribution is 2.29. The molecule has 0 aliphatic heterocycles. The zero-order chi connectivity index (χ0) is 18.0. The molecule has 0 radical (unpaired) electrons. The fraction of sp³-hybridized carbons (Fsp3) is 0.300. The molecule has 0 saturated heterocycles. The number of carbonyl (C=O) groups excluding carboxylic acids is 1. The third kappa shape index (κ3) is 3.99. The molecule has 25 heavy (non-hydrogen) atoms. The van der Waals surface area contributed by atoms with Crippen LogP contribution in [0.15, 0.2) is 36.4 Å². The Labute approximate surface area is 151 Å². The summed E-state index contributed by atoms with van der Waals surface area (Å²) in [6.07, 6.45) is 0.120. The van der Waals surface area contributed by atoms with E-state index >= 15 is 0 Å². The number of aryl methyl sites for hydroxylation is 2. The molecule has 130 valence electrons. The molecule has 1 heterocycles. The van der Waals surface area contributed by atoms with Crippen LogP contribution in [0.5, 0.6) is 5.75 Å². The Kier molecular flexibility index (Phi) is 5.04. The Bertz CT molecular complexity index is 898. The summed E-state index contributed by atoms with van der Waals surface area (Å²) < 4.78 is 6.73. The Balaban J connectivity index is 1.67. The second kappa shape index (κ2) is 7.23. The molecule has 1 N–H and O–H groups in total. The van der Waals surface area contributed by atoms with E-state index in [4.69, 9.17) is 4.74 Å². The highest BCUT2D eigenvalue weighted by Gasteiger charge is 2.10. The van der Waals surface area contributed by atoms with E-state index in [0.717, 1.165) is 21.1 Å². The number of hydrogen-bond donors (Lipinski definition) is 1. The quantitative estimate of drug-likeness (QED) is 0.633. The number of carbonyl (C=O) groups is 1. The van der Waals surface area contributed by atoms with Crippen LogP contribution in [-0.2, 0) is 0 Å². The maximum Gasteiger partial charge on any atom is 0.184 e. The SMILES string of the molecule is Cc1ccc2sc(NCC(=O)c3ccc(OC(C)C)cc3)nc2c1C. The largest absolute Gasteiger partial charge is 0.491 e. The van der Waals surface area contributed by atoms with E-state index in [1.54, 1.807) is 23.5 Å². The molecule has 4 nitrogen and oxygen atoms in total. The van der Waals surface area contributed by atoms with Gasteiger partial charge in [0, 0.05) is 5.56 Å². The van der Waals surface area contributed by atoms with Gasteiger partial charge in [0.05, 0.1) is 22.9 Å². The predicted octanol–water partition coefficient (Wildman–Crippen LogP) is 5.00. The molecule has 0 saturated carbocycles. The van der Waals surface area contributed by atoms with Crippen LogP contribution in [0, 0.1) is 13.8 Å². The van der Waals surface area contributed by atoms with E-state index in [2.05, 4.69) is 36.3 Å². The number of nitrogens with one attached hydrogen (secondary N) is 1. The number of rotatable bonds is 6. The number of thiazole rings is 1. The summed E-state index contributed by atoms with van der Waals surface area (Å²) in [5, 5.41) is 3.93. The first-order chi connectivity index (χ1) is 11.9. The molecule has 0 fully saturated rings. The fourth-order valence-electron chi connectivity index (χ4n) is 2.55. The average Bonchev–Trinajstić information content (AvgIpc) is 3.00. The molecule has 0 aliphatic rings. The number of ketones is 1. The number of nitrogens with zero attached hydrogens (tertiary/aromatic N) is 1. The van der Waals surface area contributed by atoms with Gasteiger partial charge in [0.1, 0.15) is 5.75 Å². The maximum atomic E-state index is 12.4. The maximum absolute atomic E-state index is 12.4. The van der Waals surface area contributed by atoms with Crippen LogP contribution >= 0.6 is 11.3 Å². The highest BCUT2D eigenvalue weighted by atomic mass is 32.1.